The van der Waals surface area contributed by atoms with Crippen molar-refractivity contribution in [2.24, 2.45) is 17.3 Å². The third kappa shape index (κ3) is 31.6. The van der Waals surface area contributed by atoms with Gasteiger partial charge in [-0.15, -0.1) is 0 Å². The molecule has 0 aliphatic heterocycles. The van der Waals surface area contributed by atoms with Crippen molar-refractivity contribution < 1.29 is 18.9 Å². The van der Waals surface area contributed by atoms with Crippen LogP contribution in [-0.4, -0.2) is 53.9 Å². The van der Waals surface area contributed by atoms with Gasteiger partial charge in [-0.25, -0.2) is 0 Å². The third-order valence-corrected chi connectivity index (χ3v) is 3.72. The normalized spacial score (nSPS) is 11.1. The van der Waals surface area contributed by atoms with Gasteiger partial charge in [-0.1, -0.05) is 55.4 Å². The molecular formula is C22H52O4. The van der Waals surface area contributed by atoms with E-state index < -0.39 is 0 Å². The molecule has 0 atom stereocenters. The van der Waals surface area contributed by atoms with Gasteiger partial charge in [0, 0.05) is 48.3 Å². The van der Waals surface area contributed by atoms with Crippen molar-refractivity contribution in [2.45, 2.75) is 81.3 Å². The van der Waals surface area contributed by atoms with Crippen molar-refractivity contribution in [2.75, 3.05) is 48.3 Å². The van der Waals surface area contributed by atoms with Crippen LogP contribution in [0.25, 0.3) is 0 Å². The first-order valence-electron chi connectivity index (χ1n) is 9.79. The largest absolute Gasteiger partial charge is 0.385 e. The first-order chi connectivity index (χ1) is 11.8. The summed E-state index contributed by atoms with van der Waals surface area (Å²) in [5.74, 6) is 1.35. The Hall–Kier alpha value is -0.160. The summed E-state index contributed by atoms with van der Waals surface area (Å²) in [5.41, 5.74) is 0.203. The number of ether oxygens (including phenoxy) is 4. The molecule has 0 aliphatic rings. The van der Waals surface area contributed by atoms with Gasteiger partial charge in [-0.2, -0.15) is 0 Å². The summed E-state index contributed by atoms with van der Waals surface area (Å²) in [5, 5.41) is 0. The number of hydrogen-bond donors (Lipinski definition) is 0. The molecule has 0 heterocycles. The smallest absolute Gasteiger partial charge is 0.0670 e. The fraction of sp³-hybridized carbons (Fsp3) is 1.00. The minimum atomic E-state index is -0.0208. The maximum absolute atomic E-state index is 5.30. The quantitative estimate of drug-likeness (QED) is 0.536. The predicted octanol–water partition coefficient (Wildman–Crippen LogP) is 6.08. The molecule has 4 heteroatoms. The summed E-state index contributed by atoms with van der Waals surface area (Å²) >= 11 is 0. The first kappa shape index (κ1) is 33.4. The van der Waals surface area contributed by atoms with Gasteiger partial charge >= 0.3 is 0 Å². The van der Waals surface area contributed by atoms with Gasteiger partial charge in [0.05, 0.1) is 5.60 Å². The molecule has 26 heavy (non-hydrogen) atoms. The number of rotatable bonds is 7. The zero-order valence-electron chi connectivity index (χ0n) is 20.6. The van der Waals surface area contributed by atoms with Gasteiger partial charge in [-0.3, -0.25) is 0 Å². The van der Waals surface area contributed by atoms with Crippen molar-refractivity contribution >= 4 is 0 Å². The SMILES string of the molecule is CCCOC.COC(C)(C)C(C)(C)C.COCC(C)C.COCC(C)C. The Morgan fingerprint density at radius 2 is 1.00 bits per heavy atom. The van der Waals surface area contributed by atoms with E-state index >= 15 is 0 Å². The Balaban J connectivity index is -0.000000128. The van der Waals surface area contributed by atoms with Crippen LogP contribution in [0.5, 0.6) is 0 Å². The zero-order valence-corrected chi connectivity index (χ0v) is 20.6. The molecule has 0 spiro atoms. The van der Waals surface area contributed by atoms with Crippen LogP contribution in [0.3, 0.4) is 0 Å². The maximum atomic E-state index is 5.30. The lowest BCUT2D eigenvalue weighted by Gasteiger charge is -2.37. The Morgan fingerprint density at radius 3 is 1.00 bits per heavy atom. The van der Waals surface area contributed by atoms with Gasteiger partial charge in [0.15, 0.2) is 0 Å². The van der Waals surface area contributed by atoms with Crippen LogP contribution in [0.4, 0.5) is 0 Å². The standard InChI is InChI=1S/C8H18O.2C5H12O.C4H10O/c1-7(2,3)8(4,5)9-6;2*1-5(2)4-6-3;1-3-4-5-2/h1-6H3;2*5H,4H2,1-3H3;3-4H2,1-2H3. The van der Waals surface area contributed by atoms with Gasteiger partial charge in [0.1, 0.15) is 0 Å². The topological polar surface area (TPSA) is 36.9 Å². The van der Waals surface area contributed by atoms with Gasteiger partial charge < -0.3 is 18.9 Å². The molecule has 0 bridgehead atoms. The van der Waals surface area contributed by atoms with E-state index in [0.29, 0.717) is 11.8 Å². The van der Waals surface area contributed by atoms with Crippen molar-refractivity contribution in [3.8, 4) is 0 Å². The van der Waals surface area contributed by atoms with Crippen molar-refractivity contribution in [1.82, 2.24) is 0 Å². The second kappa shape index (κ2) is 21.1. The summed E-state index contributed by atoms with van der Waals surface area (Å²) in [6.07, 6.45) is 1.12. The minimum absolute atomic E-state index is 0.0208. The highest BCUT2D eigenvalue weighted by atomic mass is 16.5. The molecule has 0 saturated carbocycles. The molecular weight excluding hydrogens is 328 g/mol. The second-order valence-corrected chi connectivity index (χ2v) is 8.66. The summed E-state index contributed by atoms with van der Waals surface area (Å²) in [6, 6.07) is 0. The molecule has 0 rings (SSSR count). The molecule has 0 N–H and O–H groups in total. The molecule has 0 amide bonds. The first-order valence-corrected chi connectivity index (χ1v) is 9.79. The lowest BCUT2D eigenvalue weighted by atomic mass is 9.79. The van der Waals surface area contributed by atoms with Crippen molar-refractivity contribution in [3.05, 3.63) is 0 Å². The highest BCUT2D eigenvalue weighted by molar-refractivity contribution is 4.82. The molecule has 4 nitrogen and oxygen atoms in total. The Morgan fingerprint density at radius 1 is 0.654 bits per heavy atom. The average Bonchev–Trinajstić information content (AvgIpc) is 2.48. The van der Waals surface area contributed by atoms with Gasteiger partial charge in [0.2, 0.25) is 0 Å². The van der Waals surface area contributed by atoms with E-state index in [9.17, 15) is 0 Å². The fourth-order valence-corrected chi connectivity index (χ4v) is 1.18. The molecule has 0 aromatic carbocycles. The molecule has 0 aromatic rings. The van der Waals surface area contributed by atoms with Crippen LogP contribution >= 0.6 is 0 Å². The van der Waals surface area contributed by atoms with E-state index in [0.717, 1.165) is 26.2 Å². The summed E-state index contributed by atoms with van der Waals surface area (Å²) in [7, 11) is 6.91. The molecule has 164 valence electrons. The van der Waals surface area contributed by atoms with Crippen LogP contribution in [0.15, 0.2) is 0 Å². The van der Waals surface area contributed by atoms with Crippen LogP contribution in [-0.2, 0) is 18.9 Å². The summed E-state index contributed by atoms with van der Waals surface area (Å²) in [4.78, 5) is 0. The molecule has 0 fully saturated rings. The van der Waals surface area contributed by atoms with Crippen molar-refractivity contribution in [1.29, 1.82) is 0 Å². The maximum Gasteiger partial charge on any atom is 0.0670 e. The molecule has 0 aromatic heterocycles. The van der Waals surface area contributed by atoms with Crippen molar-refractivity contribution in [3.63, 3.8) is 0 Å². The minimum Gasteiger partial charge on any atom is -0.385 e. The average molecular weight is 381 g/mol. The molecule has 0 radical (unpaired) electrons. The van der Waals surface area contributed by atoms with E-state index in [1.54, 1.807) is 28.4 Å². The Bertz CT molecular complexity index is 231. The van der Waals surface area contributed by atoms with Crippen LogP contribution in [0.1, 0.15) is 75.7 Å². The van der Waals surface area contributed by atoms with Gasteiger partial charge in [-0.05, 0) is 37.5 Å². The van der Waals surface area contributed by atoms with Crippen LogP contribution < -0.4 is 0 Å². The predicted molar refractivity (Wildman–Crippen MR) is 116 cm³/mol. The lowest BCUT2D eigenvalue weighted by molar-refractivity contribution is -0.0620. The molecule has 0 aliphatic carbocycles. The summed E-state index contributed by atoms with van der Waals surface area (Å²) in [6.45, 7) is 24.0. The van der Waals surface area contributed by atoms with Crippen LogP contribution in [0, 0.1) is 17.3 Å². The third-order valence-electron chi connectivity index (χ3n) is 3.72. The fourth-order valence-electron chi connectivity index (χ4n) is 1.18. The van der Waals surface area contributed by atoms with E-state index in [-0.39, 0.29) is 11.0 Å². The highest BCUT2D eigenvalue weighted by Crippen LogP contribution is 2.31. The summed E-state index contributed by atoms with van der Waals surface area (Å²) < 4.78 is 19.6. The van der Waals surface area contributed by atoms with Crippen LogP contribution in [0.2, 0.25) is 0 Å². The highest BCUT2D eigenvalue weighted by Gasteiger charge is 2.32. The molecule has 0 unspecified atom stereocenters. The molecule has 0 saturated heterocycles. The van der Waals surface area contributed by atoms with E-state index in [2.05, 4.69) is 69.2 Å². The Labute approximate surface area is 166 Å². The van der Waals surface area contributed by atoms with E-state index in [1.165, 1.54) is 0 Å². The second-order valence-electron chi connectivity index (χ2n) is 8.66. The lowest BCUT2D eigenvalue weighted by Crippen LogP contribution is -2.38. The number of methoxy groups -OCH3 is 4. The van der Waals surface area contributed by atoms with E-state index in [1.807, 2.05) is 0 Å². The monoisotopic (exact) mass is 380 g/mol. The zero-order chi connectivity index (χ0) is 21.8. The van der Waals surface area contributed by atoms with E-state index in [4.69, 9.17) is 18.9 Å². The van der Waals surface area contributed by atoms with Gasteiger partial charge in [0.25, 0.3) is 0 Å². The Kier molecular flexibility index (Phi) is 27.2. The number of hydrogen-bond acceptors (Lipinski definition) is 4.